The van der Waals surface area contributed by atoms with E-state index in [1.165, 1.54) is 0 Å². The Labute approximate surface area is 101 Å². The fourth-order valence-corrected chi connectivity index (χ4v) is 2.13. The van der Waals surface area contributed by atoms with Gasteiger partial charge in [0.2, 0.25) is 0 Å². The van der Waals surface area contributed by atoms with Gasteiger partial charge >= 0.3 is 0 Å². The van der Waals surface area contributed by atoms with Crippen LogP contribution in [-0.2, 0) is 0 Å². The first-order chi connectivity index (χ1) is 6.50. The largest absolute Gasteiger partial charge is 0.391 e. The molecule has 0 aliphatic heterocycles. The first kappa shape index (κ1) is 12.0. The molecule has 1 rings (SSSR count). The van der Waals surface area contributed by atoms with E-state index in [9.17, 15) is 5.11 Å². The number of benzene rings is 1. The second-order valence-corrected chi connectivity index (χ2v) is 5.07. The van der Waals surface area contributed by atoms with E-state index >= 15 is 0 Å². The van der Waals surface area contributed by atoms with Gasteiger partial charge in [0.05, 0.1) is 6.10 Å². The van der Waals surface area contributed by atoms with Crippen molar-refractivity contribution in [3.8, 4) is 0 Å². The summed E-state index contributed by atoms with van der Waals surface area (Å²) in [5.41, 5.74) is 0.988. The molecule has 0 heterocycles. The lowest BCUT2D eigenvalue weighted by Gasteiger charge is -2.18. The van der Waals surface area contributed by atoms with Crippen molar-refractivity contribution in [2.75, 3.05) is 5.32 Å². The number of nitrogens with one attached hydrogen (secondary N) is 1. The van der Waals surface area contributed by atoms with Gasteiger partial charge in [0.15, 0.2) is 0 Å². The van der Waals surface area contributed by atoms with Crippen molar-refractivity contribution in [3.05, 3.63) is 27.1 Å². The summed E-state index contributed by atoms with van der Waals surface area (Å²) in [5.74, 6) is 0. The minimum Gasteiger partial charge on any atom is -0.391 e. The number of hydrogen-bond donors (Lipinski definition) is 2. The zero-order valence-corrected chi connectivity index (χ0v) is 11.3. The predicted molar refractivity (Wildman–Crippen MR) is 66.6 cm³/mol. The van der Waals surface area contributed by atoms with Gasteiger partial charge in [-0.25, -0.2) is 0 Å². The molecule has 0 aliphatic carbocycles. The summed E-state index contributed by atoms with van der Waals surface area (Å²) in [6, 6.07) is 5.93. The van der Waals surface area contributed by atoms with Gasteiger partial charge in [0.1, 0.15) is 0 Å². The van der Waals surface area contributed by atoms with E-state index < -0.39 is 0 Å². The molecular weight excluding hydrogens is 310 g/mol. The molecule has 2 atom stereocenters. The van der Waals surface area contributed by atoms with Crippen molar-refractivity contribution in [2.45, 2.75) is 26.0 Å². The van der Waals surface area contributed by atoms with Crippen molar-refractivity contribution >= 4 is 37.5 Å². The van der Waals surface area contributed by atoms with Crippen LogP contribution in [0, 0.1) is 0 Å². The molecule has 0 fully saturated rings. The Bertz CT molecular complexity index is 315. The first-order valence-corrected chi connectivity index (χ1v) is 5.99. The molecule has 2 nitrogen and oxygen atoms in total. The second-order valence-electron chi connectivity index (χ2n) is 3.30. The van der Waals surface area contributed by atoms with Crippen LogP contribution in [0.25, 0.3) is 0 Å². The Morgan fingerprint density at radius 2 is 1.93 bits per heavy atom. The van der Waals surface area contributed by atoms with Crippen LogP contribution in [0.15, 0.2) is 27.1 Å². The average Bonchev–Trinajstić information content (AvgIpc) is 2.09. The summed E-state index contributed by atoms with van der Waals surface area (Å²) in [4.78, 5) is 0. The number of anilines is 1. The van der Waals surface area contributed by atoms with Crippen LogP contribution in [0.3, 0.4) is 0 Å². The smallest absolute Gasteiger partial charge is 0.0710 e. The Hall–Kier alpha value is -0.0600. The highest BCUT2D eigenvalue weighted by molar-refractivity contribution is 9.11. The summed E-state index contributed by atoms with van der Waals surface area (Å²) in [5, 5.41) is 12.6. The minimum absolute atomic E-state index is 0.0347. The lowest BCUT2D eigenvalue weighted by atomic mass is 10.2. The molecule has 0 saturated heterocycles. The monoisotopic (exact) mass is 321 g/mol. The molecule has 14 heavy (non-hydrogen) atoms. The molecule has 0 spiro atoms. The van der Waals surface area contributed by atoms with Crippen LogP contribution in [0.4, 0.5) is 5.69 Å². The first-order valence-electron chi connectivity index (χ1n) is 4.40. The Morgan fingerprint density at radius 1 is 1.29 bits per heavy atom. The highest BCUT2D eigenvalue weighted by atomic mass is 79.9. The summed E-state index contributed by atoms with van der Waals surface area (Å²) >= 11 is 6.83. The van der Waals surface area contributed by atoms with E-state index in [0.717, 1.165) is 14.6 Å². The van der Waals surface area contributed by atoms with E-state index in [4.69, 9.17) is 0 Å². The normalized spacial score (nSPS) is 14.9. The van der Waals surface area contributed by atoms with Crippen molar-refractivity contribution in [1.82, 2.24) is 0 Å². The molecule has 0 aliphatic rings. The van der Waals surface area contributed by atoms with Crippen molar-refractivity contribution < 1.29 is 5.11 Å². The van der Waals surface area contributed by atoms with Gasteiger partial charge in [-0.2, -0.15) is 0 Å². The fourth-order valence-electron chi connectivity index (χ4n) is 0.972. The van der Waals surface area contributed by atoms with Crippen LogP contribution >= 0.6 is 31.9 Å². The Kier molecular flexibility index (Phi) is 4.41. The van der Waals surface area contributed by atoms with Crippen LogP contribution in [0.1, 0.15) is 13.8 Å². The SMILES string of the molecule is CC(O)C(C)Nc1ccc(Br)cc1Br. The van der Waals surface area contributed by atoms with Gasteiger partial charge < -0.3 is 10.4 Å². The lowest BCUT2D eigenvalue weighted by molar-refractivity contribution is 0.178. The molecule has 0 amide bonds. The maximum absolute atomic E-state index is 9.34. The van der Waals surface area contributed by atoms with Crippen molar-refractivity contribution in [1.29, 1.82) is 0 Å². The average molecular weight is 323 g/mol. The molecule has 0 bridgehead atoms. The molecule has 0 saturated carbocycles. The predicted octanol–water partition coefficient (Wildman–Crippen LogP) is 3.39. The quantitative estimate of drug-likeness (QED) is 0.894. The van der Waals surface area contributed by atoms with Crippen molar-refractivity contribution in [3.63, 3.8) is 0 Å². The zero-order valence-electron chi connectivity index (χ0n) is 8.09. The van der Waals surface area contributed by atoms with Crippen LogP contribution < -0.4 is 5.32 Å². The summed E-state index contributed by atoms with van der Waals surface area (Å²) < 4.78 is 2.01. The van der Waals surface area contributed by atoms with Gasteiger partial charge in [-0.3, -0.25) is 0 Å². The lowest BCUT2D eigenvalue weighted by Crippen LogP contribution is -2.27. The molecule has 2 N–H and O–H groups in total. The zero-order chi connectivity index (χ0) is 10.7. The number of aliphatic hydroxyl groups is 1. The van der Waals surface area contributed by atoms with Crippen LogP contribution in [-0.4, -0.2) is 17.3 Å². The van der Waals surface area contributed by atoms with Crippen LogP contribution in [0.5, 0.6) is 0 Å². The van der Waals surface area contributed by atoms with Gasteiger partial charge in [-0.15, -0.1) is 0 Å². The van der Waals surface area contributed by atoms with Gasteiger partial charge in [-0.05, 0) is 48.0 Å². The van der Waals surface area contributed by atoms with E-state index in [2.05, 4.69) is 37.2 Å². The highest BCUT2D eigenvalue weighted by Crippen LogP contribution is 2.26. The maximum atomic E-state index is 9.34. The number of halogens is 2. The molecule has 4 heteroatoms. The topological polar surface area (TPSA) is 32.3 Å². The number of rotatable bonds is 3. The third kappa shape index (κ3) is 3.26. The minimum atomic E-state index is -0.370. The molecule has 1 aromatic rings. The van der Waals surface area contributed by atoms with E-state index in [1.54, 1.807) is 6.92 Å². The van der Waals surface area contributed by atoms with E-state index in [0.29, 0.717) is 0 Å². The summed E-state index contributed by atoms with van der Waals surface area (Å²) in [7, 11) is 0. The third-order valence-corrected chi connectivity index (χ3v) is 3.19. The molecule has 0 aromatic heterocycles. The molecule has 1 aromatic carbocycles. The number of aliphatic hydroxyl groups excluding tert-OH is 1. The van der Waals surface area contributed by atoms with Gasteiger partial charge in [-0.1, -0.05) is 15.9 Å². The molecule has 78 valence electrons. The molecule has 2 unspecified atom stereocenters. The standard InChI is InChI=1S/C10H13Br2NO/c1-6(7(2)14)13-10-4-3-8(11)5-9(10)12/h3-7,13-14H,1-2H3. The van der Waals surface area contributed by atoms with E-state index in [-0.39, 0.29) is 12.1 Å². The van der Waals surface area contributed by atoms with Gasteiger partial charge in [0.25, 0.3) is 0 Å². The second kappa shape index (κ2) is 5.14. The number of hydrogen-bond acceptors (Lipinski definition) is 2. The van der Waals surface area contributed by atoms with E-state index in [1.807, 2.05) is 25.1 Å². The maximum Gasteiger partial charge on any atom is 0.0710 e. The Balaban J connectivity index is 2.77. The van der Waals surface area contributed by atoms with Gasteiger partial charge in [0, 0.05) is 20.7 Å². The van der Waals surface area contributed by atoms with Crippen LogP contribution in [0.2, 0.25) is 0 Å². The Morgan fingerprint density at radius 3 is 2.43 bits per heavy atom. The molecular formula is C10H13Br2NO. The fraction of sp³-hybridized carbons (Fsp3) is 0.400. The highest BCUT2D eigenvalue weighted by Gasteiger charge is 2.09. The summed E-state index contributed by atoms with van der Waals surface area (Å²) in [6.07, 6.45) is -0.370. The summed E-state index contributed by atoms with van der Waals surface area (Å²) in [6.45, 7) is 3.71. The molecule has 0 radical (unpaired) electrons. The third-order valence-electron chi connectivity index (χ3n) is 2.04. The van der Waals surface area contributed by atoms with Crippen molar-refractivity contribution in [2.24, 2.45) is 0 Å².